The molecule has 10 heteroatoms. The molecular formula is C34H35Cl2N3O4S. The molecule has 2 amide bonds. The third-order valence-corrected chi connectivity index (χ3v) is 9.66. The van der Waals surface area contributed by atoms with E-state index in [1.165, 1.54) is 35.2 Å². The van der Waals surface area contributed by atoms with Gasteiger partial charge in [0.1, 0.15) is 12.6 Å². The molecule has 4 rings (SSSR count). The zero-order chi connectivity index (χ0) is 31.9. The second-order valence-corrected chi connectivity index (χ2v) is 13.2. The highest BCUT2D eigenvalue weighted by Gasteiger charge is 2.34. The molecule has 0 heterocycles. The lowest BCUT2D eigenvalue weighted by Gasteiger charge is -2.34. The van der Waals surface area contributed by atoms with Crippen LogP contribution < -0.4 is 9.62 Å². The summed E-state index contributed by atoms with van der Waals surface area (Å²) in [6, 6.07) is 26.9. The summed E-state index contributed by atoms with van der Waals surface area (Å²) >= 11 is 12.5. The zero-order valence-electron chi connectivity index (χ0n) is 24.8. The van der Waals surface area contributed by atoms with Crippen LogP contribution in [0.5, 0.6) is 0 Å². The van der Waals surface area contributed by atoms with Crippen LogP contribution >= 0.6 is 23.2 Å². The molecule has 0 spiro atoms. The van der Waals surface area contributed by atoms with Gasteiger partial charge in [0.15, 0.2) is 0 Å². The van der Waals surface area contributed by atoms with Gasteiger partial charge in [-0.25, -0.2) is 8.42 Å². The summed E-state index contributed by atoms with van der Waals surface area (Å²) in [4.78, 5) is 29.5. The van der Waals surface area contributed by atoms with Crippen LogP contribution in [0.4, 0.5) is 5.69 Å². The van der Waals surface area contributed by atoms with E-state index < -0.39 is 28.5 Å². The van der Waals surface area contributed by atoms with Crippen molar-refractivity contribution in [2.24, 2.45) is 0 Å². The van der Waals surface area contributed by atoms with Crippen molar-refractivity contribution in [3.05, 3.63) is 129 Å². The molecule has 1 N–H and O–H groups in total. The van der Waals surface area contributed by atoms with E-state index in [1.54, 1.807) is 12.1 Å². The van der Waals surface area contributed by atoms with Crippen molar-refractivity contribution < 1.29 is 18.0 Å². The van der Waals surface area contributed by atoms with E-state index in [4.69, 9.17) is 23.2 Å². The van der Waals surface area contributed by atoms with Crippen molar-refractivity contribution in [2.45, 2.75) is 44.7 Å². The van der Waals surface area contributed by atoms with Crippen molar-refractivity contribution in [1.82, 2.24) is 10.2 Å². The Morgan fingerprint density at radius 1 is 0.795 bits per heavy atom. The fourth-order valence-electron chi connectivity index (χ4n) is 4.86. The van der Waals surface area contributed by atoms with E-state index in [2.05, 4.69) is 5.32 Å². The quantitative estimate of drug-likeness (QED) is 0.187. The molecule has 0 aromatic heterocycles. The van der Waals surface area contributed by atoms with Crippen LogP contribution in [0.2, 0.25) is 10.0 Å². The van der Waals surface area contributed by atoms with Crippen LogP contribution in [-0.2, 0) is 32.6 Å². The van der Waals surface area contributed by atoms with E-state index >= 15 is 0 Å². The molecule has 7 nitrogen and oxygen atoms in total. The maximum absolute atomic E-state index is 14.4. The largest absolute Gasteiger partial charge is 0.355 e. The first-order valence-corrected chi connectivity index (χ1v) is 16.4. The first kappa shape index (κ1) is 33.1. The third kappa shape index (κ3) is 8.20. The predicted molar refractivity (Wildman–Crippen MR) is 177 cm³/mol. The molecule has 0 aliphatic heterocycles. The van der Waals surface area contributed by atoms with Crippen LogP contribution in [0, 0.1) is 13.8 Å². The lowest BCUT2D eigenvalue weighted by Crippen LogP contribution is -2.53. The monoisotopic (exact) mass is 651 g/mol. The molecule has 0 radical (unpaired) electrons. The molecular weight excluding hydrogens is 617 g/mol. The van der Waals surface area contributed by atoms with Crippen LogP contribution in [0.1, 0.15) is 29.2 Å². The summed E-state index contributed by atoms with van der Waals surface area (Å²) in [5.74, 6) is -0.889. The Morgan fingerprint density at radius 3 is 2.11 bits per heavy atom. The van der Waals surface area contributed by atoms with Crippen molar-refractivity contribution >= 4 is 50.7 Å². The van der Waals surface area contributed by atoms with Gasteiger partial charge in [0.2, 0.25) is 11.8 Å². The number of sulfonamides is 1. The average Bonchev–Trinajstić information content (AvgIpc) is 3.00. The molecule has 0 fully saturated rings. The number of benzene rings is 4. The molecule has 44 heavy (non-hydrogen) atoms. The molecule has 0 aliphatic rings. The summed E-state index contributed by atoms with van der Waals surface area (Å²) in [6.45, 7) is 5.49. The Bertz CT molecular complexity index is 1710. The highest BCUT2D eigenvalue weighted by atomic mass is 35.5. The number of amides is 2. The third-order valence-electron chi connectivity index (χ3n) is 7.14. The highest BCUT2D eigenvalue weighted by Crippen LogP contribution is 2.31. The molecule has 230 valence electrons. The van der Waals surface area contributed by atoms with E-state index in [9.17, 15) is 18.0 Å². The number of rotatable bonds is 12. The smallest absolute Gasteiger partial charge is 0.264 e. The Labute approximate surface area is 269 Å². The van der Waals surface area contributed by atoms with E-state index in [0.29, 0.717) is 6.54 Å². The second-order valence-electron chi connectivity index (χ2n) is 10.5. The molecule has 4 aromatic rings. The highest BCUT2D eigenvalue weighted by molar-refractivity contribution is 7.92. The molecule has 0 saturated carbocycles. The van der Waals surface area contributed by atoms with Crippen molar-refractivity contribution in [1.29, 1.82) is 0 Å². The molecule has 0 aliphatic carbocycles. The van der Waals surface area contributed by atoms with Crippen molar-refractivity contribution in [2.75, 3.05) is 17.4 Å². The SMILES string of the molecule is CCNC(=O)C(Cc1ccccc1)N(Cc1cccc(C)c1)C(=O)CN(c1ccc(Cl)c(Cl)c1)S(=O)(=O)c1ccc(C)cc1. The summed E-state index contributed by atoms with van der Waals surface area (Å²) in [6.07, 6.45) is 0.238. The summed E-state index contributed by atoms with van der Waals surface area (Å²) in [5.41, 5.74) is 3.71. The van der Waals surface area contributed by atoms with E-state index in [1.807, 2.05) is 75.4 Å². The minimum atomic E-state index is -4.24. The Hall–Kier alpha value is -3.85. The van der Waals surface area contributed by atoms with Gasteiger partial charge in [0.25, 0.3) is 10.0 Å². The molecule has 4 aromatic carbocycles. The van der Waals surface area contributed by atoms with Gasteiger partial charge in [0.05, 0.1) is 20.6 Å². The summed E-state index contributed by atoms with van der Waals surface area (Å²) < 4.78 is 29.2. The number of aryl methyl sites for hydroxylation is 2. The van der Waals surface area contributed by atoms with Crippen LogP contribution in [0.15, 0.2) is 102 Å². The minimum Gasteiger partial charge on any atom is -0.355 e. The van der Waals surface area contributed by atoms with Crippen LogP contribution in [0.3, 0.4) is 0 Å². The number of hydrogen-bond donors (Lipinski definition) is 1. The first-order chi connectivity index (χ1) is 21.0. The second kappa shape index (κ2) is 14.8. The lowest BCUT2D eigenvalue weighted by molar-refractivity contribution is -0.140. The number of hydrogen-bond acceptors (Lipinski definition) is 4. The maximum Gasteiger partial charge on any atom is 0.264 e. The van der Waals surface area contributed by atoms with Gasteiger partial charge in [-0.05, 0) is 62.2 Å². The fourth-order valence-corrected chi connectivity index (χ4v) is 6.56. The van der Waals surface area contributed by atoms with Gasteiger partial charge >= 0.3 is 0 Å². The van der Waals surface area contributed by atoms with E-state index in [-0.39, 0.29) is 39.5 Å². The molecule has 1 unspecified atom stereocenters. The topological polar surface area (TPSA) is 86.8 Å². The van der Waals surface area contributed by atoms with Gasteiger partial charge < -0.3 is 10.2 Å². The van der Waals surface area contributed by atoms with Crippen molar-refractivity contribution in [3.8, 4) is 0 Å². The van der Waals surface area contributed by atoms with Gasteiger partial charge in [-0.3, -0.25) is 13.9 Å². The van der Waals surface area contributed by atoms with Crippen LogP contribution in [-0.4, -0.2) is 44.3 Å². The Morgan fingerprint density at radius 2 is 1.48 bits per heavy atom. The number of nitrogens with zero attached hydrogens (tertiary/aromatic N) is 2. The maximum atomic E-state index is 14.4. The number of carbonyl (C=O) groups is 2. The van der Waals surface area contributed by atoms with Gasteiger partial charge in [-0.15, -0.1) is 0 Å². The van der Waals surface area contributed by atoms with Gasteiger partial charge in [-0.1, -0.05) is 101 Å². The Kier molecular flexibility index (Phi) is 11.1. The van der Waals surface area contributed by atoms with E-state index in [0.717, 1.165) is 26.6 Å². The fraction of sp³-hybridized carbons (Fsp3) is 0.235. The standard InChI is InChI=1S/C34H35Cl2N3O4S/c1-4-37-34(41)32(20-26-10-6-5-7-11-26)38(22-27-12-8-9-25(3)19-27)33(40)23-39(28-15-18-30(35)31(36)21-28)44(42,43)29-16-13-24(2)14-17-29/h5-19,21,32H,4,20,22-23H2,1-3H3,(H,37,41). The van der Waals surface area contributed by atoms with Gasteiger partial charge in [0, 0.05) is 19.5 Å². The molecule has 0 saturated heterocycles. The van der Waals surface area contributed by atoms with Crippen LogP contribution in [0.25, 0.3) is 0 Å². The number of likely N-dealkylation sites (N-methyl/N-ethyl adjacent to an activating group) is 1. The average molecular weight is 653 g/mol. The predicted octanol–water partition coefficient (Wildman–Crippen LogP) is 6.58. The normalized spacial score (nSPS) is 11.9. The number of nitrogens with one attached hydrogen (secondary N) is 1. The molecule has 0 bridgehead atoms. The molecule has 1 atom stereocenters. The first-order valence-electron chi connectivity index (χ1n) is 14.2. The zero-order valence-corrected chi connectivity index (χ0v) is 27.2. The number of carbonyl (C=O) groups excluding carboxylic acids is 2. The number of anilines is 1. The summed E-state index contributed by atoms with van der Waals surface area (Å²) in [5, 5.41) is 3.25. The number of halogens is 2. The summed E-state index contributed by atoms with van der Waals surface area (Å²) in [7, 11) is -4.24. The lowest BCUT2D eigenvalue weighted by atomic mass is 10.0. The minimum absolute atomic E-state index is 0.0109. The Balaban J connectivity index is 1.81. The van der Waals surface area contributed by atoms with Gasteiger partial charge in [-0.2, -0.15) is 0 Å². The van der Waals surface area contributed by atoms with Crippen molar-refractivity contribution in [3.63, 3.8) is 0 Å².